The first-order chi connectivity index (χ1) is 15.6. The van der Waals surface area contributed by atoms with E-state index in [-0.39, 0.29) is 19.6 Å². The lowest BCUT2D eigenvalue weighted by Crippen LogP contribution is -2.29. The molecule has 0 fully saturated rings. The molecule has 32 heavy (non-hydrogen) atoms. The van der Waals surface area contributed by atoms with E-state index in [9.17, 15) is 9.59 Å². The van der Waals surface area contributed by atoms with Crippen LogP contribution < -0.4 is 5.32 Å². The van der Waals surface area contributed by atoms with Crippen LogP contribution in [0.3, 0.4) is 0 Å². The highest BCUT2D eigenvalue weighted by atomic mass is 16.5. The molecule has 1 N–H and O–H groups in total. The van der Waals surface area contributed by atoms with E-state index in [1.54, 1.807) is 0 Å². The molecule has 1 aromatic heterocycles. The van der Waals surface area contributed by atoms with Gasteiger partial charge in [-0.3, -0.25) is 4.79 Å². The molecule has 1 aliphatic rings. The van der Waals surface area contributed by atoms with Crippen molar-refractivity contribution in [3.8, 4) is 6.07 Å². The number of hydrogen-bond donors (Lipinski definition) is 1. The van der Waals surface area contributed by atoms with Crippen molar-refractivity contribution < 1.29 is 14.3 Å². The second kappa shape index (κ2) is 9.44. The summed E-state index contributed by atoms with van der Waals surface area (Å²) in [5.74, 6) is -0.963. The van der Waals surface area contributed by atoms with E-state index in [1.807, 2.05) is 30.3 Å². The van der Waals surface area contributed by atoms with Gasteiger partial charge in [0.15, 0.2) is 6.61 Å². The van der Waals surface area contributed by atoms with Crippen LogP contribution in [-0.4, -0.2) is 30.0 Å². The molecular weight excluding hydrogens is 402 g/mol. The maximum Gasteiger partial charge on any atom is 0.339 e. The summed E-state index contributed by atoms with van der Waals surface area (Å²) in [6, 6.07) is 17.7. The lowest BCUT2D eigenvalue weighted by molar-refractivity contribution is -0.124. The number of aryl methyl sites for hydroxylation is 1. The third-order valence-electron chi connectivity index (χ3n) is 5.46. The van der Waals surface area contributed by atoms with Gasteiger partial charge in [-0.25, -0.2) is 9.78 Å². The van der Waals surface area contributed by atoms with Gasteiger partial charge in [-0.05, 0) is 48.6 Å². The molecule has 6 heteroatoms. The number of rotatable bonds is 6. The number of pyridine rings is 1. The Bertz CT molecular complexity index is 1250. The Labute approximate surface area is 186 Å². The number of para-hydroxylation sites is 1. The van der Waals surface area contributed by atoms with Crippen molar-refractivity contribution in [3.05, 3.63) is 76.5 Å². The summed E-state index contributed by atoms with van der Waals surface area (Å²) < 4.78 is 5.34. The number of fused-ring (bicyclic) bond motifs is 2. The maximum absolute atomic E-state index is 13.1. The molecule has 0 unspecified atom stereocenters. The highest BCUT2D eigenvalue weighted by Gasteiger charge is 2.27. The molecule has 0 bridgehead atoms. The van der Waals surface area contributed by atoms with Crippen molar-refractivity contribution in [1.82, 2.24) is 10.3 Å². The van der Waals surface area contributed by atoms with Gasteiger partial charge in [0.2, 0.25) is 0 Å². The van der Waals surface area contributed by atoms with Gasteiger partial charge in [0.05, 0.1) is 29.3 Å². The zero-order chi connectivity index (χ0) is 22.5. The highest BCUT2D eigenvalue weighted by Crippen LogP contribution is 2.37. The molecule has 0 aliphatic heterocycles. The minimum atomic E-state index is -0.535. The van der Waals surface area contributed by atoms with E-state index in [0.717, 1.165) is 34.2 Å². The molecule has 6 nitrogen and oxygen atoms in total. The number of amides is 1. The van der Waals surface area contributed by atoms with Crippen LogP contribution in [0, 0.1) is 18.3 Å². The largest absolute Gasteiger partial charge is 0.452 e. The first kappa shape index (κ1) is 21.3. The quantitative estimate of drug-likeness (QED) is 0.472. The summed E-state index contributed by atoms with van der Waals surface area (Å²) in [5.41, 5.74) is 6.23. The maximum atomic E-state index is 13.1. The van der Waals surface area contributed by atoms with Gasteiger partial charge in [0.1, 0.15) is 0 Å². The SMILES string of the molecule is Cc1ccc(/C=C2/CCc3c2nc2ccccc2c3C(=O)OCC(=O)NCCC#N)cc1. The van der Waals surface area contributed by atoms with E-state index < -0.39 is 11.9 Å². The average molecular weight is 425 g/mol. The predicted octanol–water partition coefficient (Wildman–Crippen LogP) is 4.22. The zero-order valence-electron chi connectivity index (χ0n) is 17.9. The van der Waals surface area contributed by atoms with Crippen LogP contribution >= 0.6 is 0 Å². The standard InChI is InChI=1S/C26H23N3O3/c1-17-7-9-18(10-8-17)15-19-11-12-21-24(20-5-2-3-6-22(20)29-25(19)21)26(31)32-16-23(30)28-14-4-13-27/h2-3,5-10,15H,4,11-12,14,16H2,1H3,(H,28,30)/b19-15-. The number of carbonyl (C=O) groups excluding carboxylic acids is 2. The Balaban J connectivity index is 1.66. The number of aromatic nitrogens is 1. The third kappa shape index (κ3) is 4.52. The van der Waals surface area contributed by atoms with Crippen LogP contribution in [0.4, 0.5) is 0 Å². The Morgan fingerprint density at radius 1 is 1.16 bits per heavy atom. The number of nitriles is 1. The number of ether oxygens (including phenoxy) is 1. The molecule has 1 amide bonds. The summed E-state index contributed by atoms with van der Waals surface area (Å²) in [6.07, 6.45) is 3.79. The fourth-order valence-corrected chi connectivity index (χ4v) is 3.89. The van der Waals surface area contributed by atoms with Gasteiger partial charge in [0.25, 0.3) is 5.91 Å². The molecule has 0 saturated carbocycles. The van der Waals surface area contributed by atoms with Crippen molar-refractivity contribution in [2.75, 3.05) is 13.2 Å². The minimum absolute atomic E-state index is 0.207. The molecule has 160 valence electrons. The Morgan fingerprint density at radius 2 is 1.94 bits per heavy atom. The van der Waals surface area contributed by atoms with E-state index in [4.69, 9.17) is 15.0 Å². The zero-order valence-corrected chi connectivity index (χ0v) is 17.9. The third-order valence-corrected chi connectivity index (χ3v) is 5.46. The molecule has 3 aromatic rings. The molecular formula is C26H23N3O3. The average Bonchev–Trinajstić information content (AvgIpc) is 3.19. The van der Waals surface area contributed by atoms with Gasteiger partial charge in [0, 0.05) is 11.9 Å². The number of nitrogens with one attached hydrogen (secondary N) is 1. The number of benzene rings is 2. The number of allylic oxidation sites excluding steroid dienone is 1. The van der Waals surface area contributed by atoms with Crippen LogP contribution in [0.1, 0.15) is 45.6 Å². The lowest BCUT2D eigenvalue weighted by atomic mass is 10.0. The summed E-state index contributed by atoms with van der Waals surface area (Å²) in [7, 11) is 0. The topological polar surface area (TPSA) is 92.1 Å². The number of nitrogens with zero attached hydrogens (tertiary/aromatic N) is 2. The second-order valence-corrected chi connectivity index (χ2v) is 7.75. The van der Waals surface area contributed by atoms with Crippen LogP contribution in [0.5, 0.6) is 0 Å². The second-order valence-electron chi connectivity index (χ2n) is 7.75. The van der Waals surface area contributed by atoms with Crippen molar-refractivity contribution in [2.24, 2.45) is 0 Å². The Morgan fingerprint density at radius 3 is 2.72 bits per heavy atom. The first-order valence-corrected chi connectivity index (χ1v) is 10.6. The van der Waals surface area contributed by atoms with E-state index in [2.05, 4.69) is 42.6 Å². The molecule has 0 saturated heterocycles. The summed E-state index contributed by atoms with van der Waals surface area (Å²) >= 11 is 0. The van der Waals surface area contributed by atoms with Gasteiger partial charge in [-0.15, -0.1) is 0 Å². The number of hydrogen-bond acceptors (Lipinski definition) is 5. The first-order valence-electron chi connectivity index (χ1n) is 10.6. The van der Waals surface area contributed by atoms with E-state index in [0.29, 0.717) is 17.5 Å². The van der Waals surface area contributed by atoms with Crippen LogP contribution in [-0.2, 0) is 16.0 Å². The molecule has 1 aliphatic carbocycles. The molecule has 0 spiro atoms. The van der Waals surface area contributed by atoms with Crippen molar-refractivity contribution in [3.63, 3.8) is 0 Å². The van der Waals surface area contributed by atoms with Crippen LogP contribution in [0.25, 0.3) is 22.6 Å². The Hall–Kier alpha value is -3.98. The van der Waals surface area contributed by atoms with Crippen molar-refractivity contribution in [1.29, 1.82) is 5.26 Å². The van der Waals surface area contributed by atoms with Crippen LogP contribution in [0.15, 0.2) is 48.5 Å². The van der Waals surface area contributed by atoms with Crippen LogP contribution in [0.2, 0.25) is 0 Å². The van der Waals surface area contributed by atoms with E-state index >= 15 is 0 Å². The predicted molar refractivity (Wildman–Crippen MR) is 123 cm³/mol. The number of esters is 1. The number of carbonyl (C=O) groups is 2. The fraction of sp³-hybridized carbons (Fsp3) is 0.231. The summed E-state index contributed by atoms with van der Waals surface area (Å²) in [5, 5.41) is 11.8. The van der Waals surface area contributed by atoms with Crippen molar-refractivity contribution in [2.45, 2.75) is 26.2 Å². The van der Waals surface area contributed by atoms with Gasteiger partial charge < -0.3 is 10.1 Å². The normalized spacial score (nSPS) is 13.6. The molecule has 2 aromatic carbocycles. The molecule has 4 rings (SSSR count). The van der Waals surface area contributed by atoms with Gasteiger partial charge >= 0.3 is 5.97 Å². The summed E-state index contributed by atoms with van der Waals surface area (Å²) in [4.78, 5) is 29.8. The fourth-order valence-electron chi connectivity index (χ4n) is 3.89. The molecule has 0 atom stereocenters. The van der Waals surface area contributed by atoms with Crippen molar-refractivity contribution >= 4 is 34.4 Å². The lowest BCUT2D eigenvalue weighted by Gasteiger charge is -2.12. The smallest absolute Gasteiger partial charge is 0.339 e. The Kier molecular flexibility index (Phi) is 6.27. The monoisotopic (exact) mass is 425 g/mol. The van der Waals surface area contributed by atoms with Gasteiger partial charge in [-0.1, -0.05) is 48.0 Å². The molecule has 1 heterocycles. The minimum Gasteiger partial charge on any atom is -0.452 e. The van der Waals surface area contributed by atoms with E-state index in [1.165, 1.54) is 5.56 Å². The summed E-state index contributed by atoms with van der Waals surface area (Å²) in [6.45, 7) is 1.90. The molecule has 0 radical (unpaired) electrons. The highest BCUT2D eigenvalue weighted by molar-refractivity contribution is 6.07. The van der Waals surface area contributed by atoms with Gasteiger partial charge in [-0.2, -0.15) is 5.26 Å².